The van der Waals surface area contributed by atoms with Crippen molar-refractivity contribution in [3.05, 3.63) is 0 Å². The van der Waals surface area contributed by atoms with Crippen molar-refractivity contribution in [2.45, 2.75) is 19.8 Å². The molecule has 0 saturated carbocycles. The predicted molar refractivity (Wildman–Crippen MR) is 64.2 cm³/mol. The van der Waals surface area contributed by atoms with Crippen molar-refractivity contribution in [1.29, 1.82) is 0 Å². The zero-order valence-corrected chi connectivity index (χ0v) is 11.1. The molecule has 0 spiro atoms. The number of piperidine rings is 1. The van der Waals surface area contributed by atoms with Crippen LogP contribution in [0.15, 0.2) is 0 Å². The van der Waals surface area contributed by atoms with Gasteiger partial charge in [-0.2, -0.15) is 0 Å². The molecule has 0 aromatic carbocycles. The highest BCUT2D eigenvalue weighted by molar-refractivity contribution is 7.88. The summed E-state index contributed by atoms with van der Waals surface area (Å²) < 4.78 is 28.8. The van der Waals surface area contributed by atoms with Crippen LogP contribution in [0.3, 0.4) is 0 Å². The molecule has 17 heavy (non-hydrogen) atoms. The number of nitrogens with one attached hydrogen (secondary N) is 1. The average molecular weight is 264 g/mol. The van der Waals surface area contributed by atoms with E-state index < -0.39 is 16.1 Å². The van der Waals surface area contributed by atoms with E-state index >= 15 is 0 Å². The molecule has 1 heterocycles. The molecule has 100 valence electrons. The Bertz CT molecular complexity index is 347. The van der Waals surface area contributed by atoms with Crippen molar-refractivity contribution in [3.8, 4) is 0 Å². The Hall–Kier alpha value is -0.820. The Labute approximate surface area is 102 Å². The van der Waals surface area contributed by atoms with Gasteiger partial charge in [0.15, 0.2) is 0 Å². The molecular formula is C10H20N2O4S. The lowest BCUT2D eigenvalue weighted by Crippen LogP contribution is -2.41. The van der Waals surface area contributed by atoms with Gasteiger partial charge in [-0.05, 0) is 25.7 Å². The number of sulfonamides is 1. The summed E-state index contributed by atoms with van der Waals surface area (Å²) in [5.41, 5.74) is 0. The molecule has 0 unspecified atom stereocenters. The van der Waals surface area contributed by atoms with E-state index in [-0.39, 0.29) is 0 Å². The molecule has 6 nitrogen and oxygen atoms in total. The van der Waals surface area contributed by atoms with Gasteiger partial charge in [-0.25, -0.2) is 17.5 Å². The van der Waals surface area contributed by atoms with Crippen LogP contribution in [0.5, 0.6) is 0 Å². The van der Waals surface area contributed by atoms with Crippen molar-refractivity contribution in [2.24, 2.45) is 5.92 Å². The number of hydrogen-bond acceptors (Lipinski definition) is 4. The minimum absolute atomic E-state index is 0.331. The van der Waals surface area contributed by atoms with E-state index in [1.807, 2.05) is 0 Å². The molecule has 0 aliphatic carbocycles. The number of alkyl carbamates (subject to hydrolysis) is 1. The maximum Gasteiger partial charge on any atom is 0.407 e. The Balaban J connectivity index is 2.26. The first kappa shape index (κ1) is 14.2. The molecule has 1 rings (SSSR count). The molecule has 0 aromatic heterocycles. The SMILES string of the molecule is CCOC(=O)NCC1CCN(S(C)(=O)=O)CC1. The third-order valence-electron chi connectivity index (χ3n) is 2.85. The highest BCUT2D eigenvalue weighted by Gasteiger charge is 2.24. The number of carbonyl (C=O) groups excluding carboxylic acids is 1. The van der Waals surface area contributed by atoms with Gasteiger partial charge in [0.05, 0.1) is 12.9 Å². The number of amides is 1. The van der Waals surface area contributed by atoms with Gasteiger partial charge in [-0.1, -0.05) is 0 Å². The van der Waals surface area contributed by atoms with Gasteiger partial charge < -0.3 is 10.1 Å². The summed E-state index contributed by atoms with van der Waals surface area (Å²) in [6.45, 7) is 3.74. The van der Waals surface area contributed by atoms with E-state index in [4.69, 9.17) is 4.74 Å². The fourth-order valence-electron chi connectivity index (χ4n) is 1.85. The molecule has 1 saturated heterocycles. The zero-order valence-electron chi connectivity index (χ0n) is 10.3. The van der Waals surface area contributed by atoms with Gasteiger partial charge >= 0.3 is 6.09 Å². The third-order valence-corrected chi connectivity index (χ3v) is 4.16. The van der Waals surface area contributed by atoms with Crippen LogP contribution in [0.4, 0.5) is 4.79 Å². The predicted octanol–water partition coefficient (Wildman–Crippen LogP) is 0.404. The molecule has 7 heteroatoms. The number of carbonyl (C=O) groups is 1. The van der Waals surface area contributed by atoms with Crippen molar-refractivity contribution in [2.75, 3.05) is 32.5 Å². The summed E-state index contributed by atoms with van der Waals surface area (Å²) in [6.07, 6.45) is 2.38. The normalized spacial score (nSPS) is 18.9. The van der Waals surface area contributed by atoms with Gasteiger partial charge in [0.2, 0.25) is 10.0 Å². The van der Waals surface area contributed by atoms with Crippen LogP contribution in [0.2, 0.25) is 0 Å². The van der Waals surface area contributed by atoms with Crippen LogP contribution in [0.1, 0.15) is 19.8 Å². The van der Waals surface area contributed by atoms with Gasteiger partial charge in [0.1, 0.15) is 0 Å². The fraction of sp³-hybridized carbons (Fsp3) is 0.900. The molecule has 0 bridgehead atoms. The molecule has 1 fully saturated rings. The molecule has 1 amide bonds. The van der Waals surface area contributed by atoms with Crippen molar-refractivity contribution >= 4 is 16.1 Å². The van der Waals surface area contributed by atoms with Crippen LogP contribution in [0, 0.1) is 5.92 Å². The van der Waals surface area contributed by atoms with Crippen LogP contribution < -0.4 is 5.32 Å². The lowest BCUT2D eigenvalue weighted by Gasteiger charge is -2.30. The van der Waals surface area contributed by atoms with E-state index in [2.05, 4.69) is 5.32 Å². The number of ether oxygens (including phenoxy) is 1. The van der Waals surface area contributed by atoms with E-state index in [1.54, 1.807) is 6.92 Å². The summed E-state index contributed by atoms with van der Waals surface area (Å²) in [4.78, 5) is 11.1. The second-order valence-electron chi connectivity index (χ2n) is 4.21. The second-order valence-corrected chi connectivity index (χ2v) is 6.19. The summed E-state index contributed by atoms with van der Waals surface area (Å²) in [6, 6.07) is 0. The first-order valence-electron chi connectivity index (χ1n) is 5.79. The van der Waals surface area contributed by atoms with E-state index in [9.17, 15) is 13.2 Å². The molecular weight excluding hydrogens is 244 g/mol. The van der Waals surface area contributed by atoms with Gasteiger partial charge in [0, 0.05) is 19.6 Å². The van der Waals surface area contributed by atoms with Crippen LogP contribution in [-0.4, -0.2) is 51.3 Å². The molecule has 0 atom stereocenters. The zero-order chi connectivity index (χ0) is 12.9. The molecule has 0 radical (unpaired) electrons. The largest absolute Gasteiger partial charge is 0.450 e. The number of hydrogen-bond donors (Lipinski definition) is 1. The maximum atomic E-state index is 11.3. The Morgan fingerprint density at radius 3 is 2.47 bits per heavy atom. The summed E-state index contributed by atoms with van der Waals surface area (Å²) >= 11 is 0. The van der Waals surface area contributed by atoms with Gasteiger partial charge in [-0.3, -0.25) is 0 Å². The summed E-state index contributed by atoms with van der Waals surface area (Å²) in [7, 11) is -3.07. The fourth-order valence-corrected chi connectivity index (χ4v) is 2.73. The highest BCUT2D eigenvalue weighted by atomic mass is 32.2. The molecule has 1 N–H and O–H groups in total. The standard InChI is InChI=1S/C10H20N2O4S/c1-3-16-10(13)11-8-9-4-6-12(7-5-9)17(2,14)15/h9H,3-8H2,1-2H3,(H,11,13). The van der Waals surface area contributed by atoms with Crippen LogP contribution >= 0.6 is 0 Å². The quantitative estimate of drug-likeness (QED) is 0.797. The average Bonchev–Trinajstić information content (AvgIpc) is 2.26. The highest BCUT2D eigenvalue weighted by Crippen LogP contribution is 2.18. The van der Waals surface area contributed by atoms with Crippen LogP contribution in [0.25, 0.3) is 0 Å². The Morgan fingerprint density at radius 1 is 1.41 bits per heavy atom. The molecule has 1 aliphatic heterocycles. The summed E-state index contributed by atoms with van der Waals surface area (Å²) in [5, 5.41) is 2.68. The van der Waals surface area contributed by atoms with Crippen molar-refractivity contribution < 1.29 is 17.9 Å². The first-order valence-corrected chi connectivity index (χ1v) is 7.64. The number of nitrogens with zero attached hydrogens (tertiary/aromatic N) is 1. The maximum absolute atomic E-state index is 11.3. The van der Waals surface area contributed by atoms with Crippen molar-refractivity contribution in [1.82, 2.24) is 9.62 Å². The lowest BCUT2D eigenvalue weighted by atomic mass is 9.98. The lowest BCUT2D eigenvalue weighted by molar-refractivity contribution is 0.148. The molecule has 0 aromatic rings. The monoisotopic (exact) mass is 264 g/mol. The van der Waals surface area contributed by atoms with Gasteiger partial charge in [-0.15, -0.1) is 0 Å². The minimum atomic E-state index is -3.07. The summed E-state index contributed by atoms with van der Waals surface area (Å²) in [5.74, 6) is 0.331. The number of rotatable bonds is 4. The second kappa shape index (κ2) is 6.20. The van der Waals surface area contributed by atoms with Crippen molar-refractivity contribution in [3.63, 3.8) is 0 Å². The first-order chi connectivity index (χ1) is 7.93. The van der Waals surface area contributed by atoms with E-state index in [0.717, 1.165) is 12.8 Å². The van der Waals surface area contributed by atoms with Crippen LogP contribution in [-0.2, 0) is 14.8 Å². The van der Waals surface area contributed by atoms with Gasteiger partial charge in [0.25, 0.3) is 0 Å². The smallest absolute Gasteiger partial charge is 0.407 e. The minimum Gasteiger partial charge on any atom is -0.450 e. The van der Waals surface area contributed by atoms with E-state index in [0.29, 0.717) is 32.2 Å². The third kappa shape index (κ3) is 4.91. The molecule has 1 aliphatic rings. The van der Waals surface area contributed by atoms with E-state index in [1.165, 1.54) is 10.6 Å². The Kier molecular flexibility index (Phi) is 5.20. The Morgan fingerprint density at radius 2 is 2.00 bits per heavy atom. The topological polar surface area (TPSA) is 75.7 Å².